The molecule has 1 heterocycles. The summed E-state index contributed by atoms with van der Waals surface area (Å²) in [6.45, 7) is 0. The molecule has 0 spiro atoms. The fourth-order valence-electron chi connectivity index (χ4n) is 2.66. The van der Waals surface area contributed by atoms with Gasteiger partial charge in [-0.1, -0.05) is 23.2 Å². The normalized spacial score (nSPS) is 18.9. The SMILES string of the molecule is NC(=O)C1CCc2[nH]c3cc(Cl)c(Cl)cc3c2C1. The average molecular weight is 283 g/mol. The average Bonchev–Trinajstić information content (AvgIpc) is 2.66. The highest BCUT2D eigenvalue weighted by Crippen LogP contribution is 2.35. The second-order valence-corrected chi connectivity index (χ2v) is 5.55. The molecule has 1 atom stereocenters. The molecule has 0 bridgehead atoms. The van der Waals surface area contributed by atoms with Crippen molar-refractivity contribution in [1.29, 1.82) is 0 Å². The molecule has 3 rings (SSSR count). The number of carbonyl (C=O) groups excluding carboxylic acids is 1. The van der Waals surface area contributed by atoms with Crippen LogP contribution in [-0.2, 0) is 17.6 Å². The molecule has 1 aromatic heterocycles. The van der Waals surface area contributed by atoms with Gasteiger partial charge in [0.25, 0.3) is 0 Å². The van der Waals surface area contributed by atoms with Crippen LogP contribution in [-0.4, -0.2) is 10.9 Å². The van der Waals surface area contributed by atoms with Crippen molar-refractivity contribution in [2.45, 2.75) is 19.3 Å². The minimum absolute atomic E-state index is 0.0778. The Hall–Kier alpha value is -1.19. The number of amides is 1. The summed E-state index contributed by atoms with van der Waals surface area (Å²) >= 11 is 12.1. The summed E-state index contributed by atoms with van der Waals surface area (Å²) in [6, 6.07) is 3.69. The van der Waals surface area contributed by atoms with Gasteiger partial charge < -0.3 is 10.7 Å². The molecule has 1 aliphatic carbocycles. The Kier molecular flexibility index (Phi) is 2.76. The van der Waals surface area contributed by atoms with Crippen molar-refractivity contribution in [2.75, 3.05) is 0 Å². The quantitative estimate of drug-likeness (QED) is 0.830. The maximum absolute atomic E-state index is 11.3. The zero-order valence-corrected chi connectivity index (χ0v) is 11.1. The monoisotopic (exact) mass is 282 g/mol. The van der Waals surface area contributed by atoms with Crippen LogP contribution in [0.25, 0.3) is 10.9 Å². The van der Waals surface area contributed by atoms with Gasteiger partial charge in [-0.3, -0.25) is 4.79 Å². The van der Waals surface area contributed by atoms with Gasteiger partial charge in [0.15, 0.2) is 0 Å². The van der Waals surface area contributed by atoms with E-state index in [1.807, 2.05) is 12.1 Å². The summed E-state index contributed by atoms with van der Waals surface area (Å²) in [6.07, 6.45) is 2.33. The number of aromatic amines is 1. The number of fused-ring (bicyclic) bond motifs is 3. The molecule has 0 radical (unpaired) electrons. The van der Waals surface area contributed by atoms with E-state index in [9.17, 15) is 4.79 Å². The Morgan fingerprint density at radius 2 is 2.06 bits per heavy atom. The van der Waals surface area contributed by atoms with Crippen molar-refractivity contribution >= 4 is 40.0 Å². The summed E-state index contributed by atoms with van der Waals surface area (Å²) in [5, 5.41) is 2.12. The Balaban J connectivity index is 2.15. The maximum Gasteiger partial charge on any atom is 0.220 e. The van der Waals surface area contributed by atoms with Crippen LogP contribution >= 0.6 is 23.2 Å². The number of hydrogen-bond acceptors (Lipinski definition) is 1. The van der Waals surface area contributed by atoms with E-state index in [1.165, 1.54) is 5.69 Å². The van der Waals surface area contributed by atoms with E-state index in [1.54, 1.807) is 0 Å². The lowest BCUT2D eigenvalue weighted by molar-refractivity contribution is -0.122. The van der Waals surface area contributed by atoms with E-state index in [0.29, 0.717) is 16.5 Å². The van der Waals surface area contributed by atoms with Crippen LogP contribution in [0.15, 0.2) is 12.1 Å². The number of aryl methyl sites for hydroxylation is 1. The predicted octanol–water partition coefficient (Wildman–Crippen LogP) is 3.06. The Labute approximate surface area is 114 Å². The number of carbonyl (C=O) groups is 1. The summed E-state index contributed by atoms with van der Waals surface area (Å²) in [4.78, 5) is 14.7. The first-order valence-corrected chi connectivity index (χ1v) is 6.59. The molecule has 18 heavy (non-hydrogen) atoms. The van der Waals surface area contributed by atoms with Gasteiger partial charge in [-0.05, 0) is 37.0 Å². The van der Waals surface area contributed by atoms with E-state index >= 15 is 0 Å². The number of aromatic nitrogens is 1. The molecule has 1 aromatic carbocycles. The largest absolute Gasteiger partial charge is 0.369 e. The second kappa shape index (κ2) is 4.18. The molecule has 1 amide bonds. The maximum atomic E-state index is 11.3. The van der Waals surface area contributed by atoms with Crippen molar-refractivity contribution in [2.24, 2.45) is 11.7 Å². The molecule has 3 N–H and O–H groups in total. The predicted molar refractivity (Wildman–Crippen MR) is 73.0 cm³/mol. The number of H-pyrrole nitrogens is 1. The molecule has 0 aliphatic heterocycles. The lowest BCUT2D eigenvalue weighted by atomic mass is 9.86. The number of primary amides is 1. The Morgan fingerprint density at radius 1 is 1.33 bits per heavy atom. The van der Waals surface area contributed by atoms with E-state index < -0.39 is 0 Å². The third-order valence-corrected chi connectivity index (χ3v) is 4.35. The van der Waals surface area contributed by atoms with Crippen LogP contribution in [0.4, 0.5) is 0 Å². The minimum atomic E-state index is -0.227. The number of nitrogens with one attached hydrogen (secondary N) is 1. The highest BCUT2D eigenvalue weighted by atomic mass is 35.5. The van der Waals surface area contributed by atoms with Gasteiger partial charge in [0.05, 0.1) is 10.0 Å². The highest BCUT2D eigenvalue weighted by molar-refractivity contribution is 6.42. The number of rotatable bonds is 1. The summed E-state index contributed by atoms with van der Waals surface area (Å²) in [5.74, 6) is -0.305. The van der Waals surface area contributed by atoms with Gasteiger partial charge in [-0.2, -0.15) is 0 Å². The highest BCUT2D eigenvalue weighted by Gasteiger charge is 2.26. The molecule has 1 unspecified atom stereocenters. The van der Waals surface area contributed by atoms with Gasteiger partial charge in [0.2, 0.25) is 5.91 Å². The van der Waals surface area contributed by atoms with E-state index in [-0.39, 0.29) is 11.8 Å². The molecule has 94 valence electrons. The first kappa shape index (κ1) is 11.9. The van der Waals surface area contributed by atoms with Crippen LogP contribution in [0.5, 0.6) is 0 Å². The third kappa shape index (κ3) is 1.78. The van der Waals surface area contributed by atoms with E-state index in [0.717, 1.165) is 29.3 Å². The van der Waals surface area contributed by atoms with E-state index in [2.05, 4.69) is 4.98 Å². The number of hydrogen-bond donors (Lipinski definition) is 2. The number of benzene rings is 1. The molecule has 3 nitrogen and oxygen atoms in total. The fourth-order valence-corrected chi connectivity index (χ4v) is 2.98. The standard InChI is InChI=1S/C13H12Cl2N2O/c14-9-4-8-7-3-6(13(16)18)1-2-11(7)17-12(8)5-10(9)15/h4-6,17H,1-3H2,(H2,16,18). The van der Waals surface area contributed by atoms with E-state index in [4.69, 9.17) is 28.9 Å². The molecule has 2 aromatic rings. The summed E-state index contributed by atoms with van der Waals surface area (Å²) in [5.41, 5.74) is 8.69. The molecule has 1 aliphatic rings. The van der Waals surface area contributed by atoms with Gasteiger partial charge in [0, 0.05) is 22.5 Å². The molecule has 5 heteroatoms. The minimum Gasteiger partial charge on any atom is -0.369 e. The molecule has 0 saturated heterocycles. The van der Waals surface area contributed by atoms with Crippen LogP contribution in [0.3, 0.4) is 0 Å². The molecular formula is C13H12Cl2N2O. The van der Waals surface area contributed by atoms with Crippen molar-refractivity contribution in [3.8, 4) is 0 Å². The topological polar surface area (TPSA) is 58.9 Å². The first-order chi connectivity index (χ1) is 8.56. The van der Waals surface area contributed by atoms with Crippen LogP contribution in [0.2, 0.25) is 10.0 Å². The summed E-state index contributed by atoms with van der Waals surface area (Å²) in [7, 11) is 0. The third-order valence-electron chi connectivity index (χ3n) is 3.63. The number of nitrogens with two attached hydrogens (primary N) is 1. The zero-order valence-electron chi connectivity index (χ0n) is 9.59. The number of halogens is 2. The molecule has 0 saturated carbocycles. The van der Waals surface area contributed by atoms with Gasteiger partial charge >= 0.3 is 0 Å². The van der Waals surface area contributed by atoms with Crippen molar-refractivity contribution < 1.29 is 4.79 Å². The van der Waals surface area contributed by atoms with Crippen molar-refractivity contribution in [1.82, 2.24) is 4.98 Å². The molecular weight excluding hydrogens is 271 g/mol. The van der Waals surface area contributed by atoms with Gasteiger partial charge in [0.1, 0.15) is 0 Å². The van der Waals surface area contributed by atoms with Crippen molar-refractivity contribution in [3.63, 3.8) is 0 Å². The Morgan fingerprint density at radius 3 is 2.78 bits per heavy atom. The van der Waals surface area contributed by atoms with Crippen LogP contribution in [0, 0.1) is 5.92 Å². The smallest absolute Gasteiger partial charge is 0.220 e. The second-order valence-electron chi connectivity index (χ2n) is 4.74. The van der Waals surface area contributed by atoms with Gasteiger partial charge in [-0.25, -0.2) is 0 Å². The van der Waals surface area contributed by atoms with Gasteiger partial charge in [-0.15, -0.1) is 0 Å². The lowest BCUT2D eigenvalue weighted by Gasteiger charge is -2.19. The lowest BCUT2D eigenvalue weighted by Crippen LogP contribution is -2.28. The molecule has 0 fully saturated rings. The first-order valence-electron chi connectivity index (χ1n) is 5.84. The fraction of sp³-hybridized carbons (Fsp3) is 0.308. The van der Waals surface area contributed by atoms with Crippen molar-refractivity contribution in [3.05, 3.63) is 33.4 Å². The van der Waals surface area contributed by atoms with Crippen LogP contribution < -0.4 is 5.73 Å². The Bertz CT molecular complexity index is 648. The zero-order chi connectivity index (χ0) is 12.9. The van der Waals surface area contributed by atoms with Crippen LogP contribution in [0.1, 0.15) is 17.7 Å². The summed E-state index contributed by atoms with van der Waals surface area (Å²) < 4.78 is 0.